The third-order valence-corrected chi connectivity index (χ3v) is 4.88. The van der Waals surface area contributed by atoms with Crippen LogP contribution in [0.15, 0.2) is 24.3 Å². The van der Waals surface area contributed by atoms with Crippen LogP contribution in [0.1, 0.15) is 84.5 Å². The van der Waals surface area contributed by atoms with Crippen LogP contribution in [0.3, 0.4) is 0 Å². The van der Waals surface area contributed by atoms with Gasteiger partial charge in [-0.3, -0.25) is 0 Å². The van der Waals surface area contributed by atoms with Crippen LogP contribution in [0.25, 0.3) is 0 Å². The van der Waals surface area contributed by atoms with Crippen molar-refractivity contribution < 1.29 is 14.6 Å². The van der Waals surface area contributed by atoms with Gasteiger partial charge in [0.2, 0.25) is 0 Å². The fourth-order valence-electron chi connectivity index (χ4n) is 3.26. The molecule has 0 aliphatic carbocycles. The molecule has 154 valence electrons. The van der Waals surface area contributed by atoms with Crippen LogP contribution in [-0.2, 0) is 4.79 Å². The molecule has 4 nitrogen and oxygen atoms in total. The number of hydrogen-bond acceptors (Lipinski definition) is 3. The maximum Gasteiger partial charge on any atom is 0.341 e. The topological polar surface area (TPSA) is 49.8 Å². The molecular formula is C23H39NO3. The molecule has 1 rings (SSSR count). The molecule has 27 heavy (non-hydrogen) atoms. The van der Waals surface area contributed by atoms with Crippen molar-refractivity contribution in [3.63, 3.8) is 0 Å². The van der Waals surface area contributed by atoms with Gasteiger partial charge in [-0.05, 0) is 37.1 Å². The van der Waals surface area contributed by atoms with Crippen LogP contribution in [0, 0.1) is 0 Å². The standard InChI is InChI=1S/C23H39NO3/c1-3-5-7-9-10-11-13-19-24(18-12-8-6-4-2)21-14-16-22(17-15-21)27-20-23(25)26/h14-17H,3-13,18-20H2,1-2H3,(H,25,26). The molecule has 0 unspecified atom stereocenters. The number of carboxylic acid groups (broad SMARTS) is 1. The Balaban J connectivity index is 2.47. The van der Waals surface area contributed by atoms with Crippen molar-refractivity contribution >= 4 is 11.7 Å². The van der Waals surface area contributed by atoms with Gasteiger partial charge in [-0.25, -0.2) is 4.79 Å². The van der Waals surface area contributed by atoms with Gasteiger partial charge in [-0.1, -0.05) is 71.6 Å². The Labute approximate surface area is 165 Å². The Bertz CT molecular complexity index is 487. The summed E-state index contributed by atoms with van der Waals surface area (Å²) in [5.41, 5.74) is 1.21. The summed E-state index contributed by atoms with van der Waals surface area (Å²) in [7, 11) is 0. The normalized spacial score (nSPS) is 10.7. The minimum atomic E-state index is -0.949. The second-order valence-corrected chi connectivity index (χ2v) is 7.35. The summed E-state index contributed by atoms with van der Waals surface area (Å²) in [5.74, 6) is -0.335. The number of carboxylic acids is 1. The zero-order valence-electron chi connectivity index (χ0n) is 17.4. The van der Waals surface area contributed by atoms with E-state index in [4.69, 9.17) is 9.84 Å². The summed E-state index contributed by atoms with van der Waals surface area (Å²) >= 11 is 0. The minimum Gasteiger partial charge on any atom is -0.482 e. The van der Waals surface area contributed by atoms with Gasteiger partial charge in [-0.2, -0.15) is 0 Å². The zero-order valence-corrected chi connectivity index (χ0v) is 17.4. The predicted molar refractivity (Wildman–Crippen MR) is 114 cm³/mol. The summed E-state index contributed by atoms with van der Waals surface area (Å²) in [6.07, 6.45) is 14.3. The lowest BCUT2D eigenvalue weighted by atomic mass is 10.1. The number of hydrogen-bond donors (Lipinski definition) is 1. The molecule has 4 heteroatoms. The molecule has 1 aromatic carbocycles. The van der Waals surface area contributed by atoms with Crippen LogP contribution >= 0.6 is 0 Å². The fraction of sp³-hybridized carbons (Fsp3) is 0.696. The monoisotopic (exact) mass is 377 g/mol. The molecule has 1 N–H and O–H groups in total. The summed E-state index contributed by atoms with van der Waals surface area (Å²) in [5, 5.41) is 8.71. The number of ether oxygens (including phenoxy) is 1. The van der Waals surface area contributed by atoms with Crippen LogP contribution in [0.4, 0.5) is 5.69 Å². The minimum absolute atomic E-state index is 0.294. The van der Waals surface area contributed by atoms with Crippen LogP contribution < -0.4 is 9.64 Å². The molecule has 1 aromatic rings. The van der Waals surface area contributed by atoms with Gasteiger partial charge >= 0.3 is 5.97 Å². The van der Waals surface area contributed by atoms with Crippen molar-refractivity contribution in [2.45, 2.75) is 84.5 Å². The molecule has 0 fully saturated rings. The Hall–Kier alpha value is -1.71. The highest BCUT2D eigenvalue weighted by atomic mass is 16.5. The van der Waals surface area contributed by atoms with Crippen molar-refractivity contribution in [3.05, 3.63) is 24.3 Å². The van der Waals surface area contributed by atoms with Gasteiger partial charge in [0, 0.05) is 18.8 Å². The smallest absolute Gasteiger partial charge is 0.341 e. The summed E-state index contributed by atoms with van der Waals surface area (Å²) < 4.78 is 5.24. The van der Waals surface area contributed by atoms with Crippen LogP contribution in [0.5, 0.6) is 5.75 Å². The summed E-state index contributed by atoms with van der Waals surface area (Å²) in [6.45, 7) is 6.39. The number of rotatable bonds is 17. The molecule has 0 aromatic heterocycles. The molecule has 0 aliphatic rings. The fourth-order valence-corrected chi connectivity index (χ4v) is 3.26. The Morgan fingerprint density at radius 3 is 1.81 bits per heavy atom. The lowest BCUT2D eigenvalue weighted by Gasteiger charge is -2.25. The first-order valence-electron chi connectivity index (χ1n) is 10.9. The first kappa shape index (κ1) is 23.3. The van der Waals surface area contributed by atoms with Gasteiger partial charge in [0.15, 0.2) is 6.61 Å². The highest BCUT2D eigenvalue weighted by molar-refractivity contribution is 5.68. The summed E-state index contributed by atoms with van der Waals surface area (Å²) in [4.78, 5) is 13.1. The van der Waals surface area contributed by atoms with Crippen molar-refractivity contribution in [2.24, 2.45) is 0 Å². The van der Waals surface area contributed by atoms with E-state index in [0.29, 0.717) is 5.75 Å². The SMILES string of the molecule is CCCCCCCCCN(CCCCCC)c1ccc(OCC(=O)O)cc1. The molecule has 0 saturated carbocycles. The highest BCUT2D eigenvalue weighted by Gasteiger charge is 2.07. The molecule has 0 bridgehead atoms. The van der Waals surface area contributed by atoms with Crippen molar-refractivity contribution in [2.75, 3.05) is 24.6 Å². The lowest BCUT2D eigenvalue weighted by Crippen LogP contribution is -2.25. The van der Waals surface area contributed by atoms with Crippen molar-refractivity contribution in [3.8, 4) is 5.75 Å². The average Bonchev–Trinajstić information content (AvgIpc) is 2.67. The van der Waals surface area contributed by atoms with E-state index in [9.17, 15) is 4.79 Å². The Kier molecular flexibility index (Phi) is 13.3. The third-order valence-electron chi connectivity index (χ3n) is 4.88. The van der Waals surface area contributed by atoms with Crippen LogP contribution in [-0.4, -0.2) is 30.8 Å². The van der Waals surface area contributed by atoms with E-state index in [1.807, 2.05) is 12.1 Å². The number of benzene rings is 1. The number of aliphatic carboxylic acids is 1. The summed E-state index contributed by atoms with van der Waals surface area (Å²) in [6, 6.07) is 7.86. The molecule has 0 aliphatic heterocycles. The number of nitrogens with zero attached hydrogens (tertiary/aromatic N) is 1. The van der Waals surface area contributed by atoms with E-state index >= 15 is 0 Å². The Morgan fingerprint density at radius 1 is 0.815 bits per heavy atom. The molecule has 0 saturated heterocycles. The Morgan fingerprint density at radius 2 is 1.30 bits per heavy atom. The predicted octanol–water partition coefficient (Wildman–Crippen LogP) is 6.29. The average molecular weight is 378 g/mol. The largest absolute Gasteiger partial charge is 0.482 e. The third kappa shape index (κ3) is 11.6. The van der Waals surface area contributed by atoms with Gasteiger partial charge in [0.1, 0.15) is 5.75 Å². The van der Waals surface area contributed by atoms with E-state index in [0.717, 1.165) is 13.1 Å². The quantitative estimate of drug-likeness (QED) is 0.324. The van der Waals surface area contributed by atoms with Crippen molar-refractivity contribution in [1.82, 2.24) is 0 Å². The van der Waals surface area contributed by atoms with E-state index in [1.54, 1.807) is 0 Å². The number of carbonyl (C=O) groups is 1. The number of anilines is 1. The molecule has 0 amide bonds. The molecule has 0 spiro atoms. The highest BCUT2D eigenvalue weighted by Crippen LogP contribution is 2.21. The molecule has 0 heterocycles. The van der Waals surface area contributed by atoms with E-state index in [-0.39, 0.29) is 6.61 Å². The van der Waals surface area contributed by atoms with Gasteiger partial charge in [0.25, 0.3) is 0 Å². The second kappa shape index (κ2) is 15.4. The maximum absolute atomic E-state index is 10.6. The van der Waals surface area contributed by atoms with E-state index in [1.165, 1.54) is 76.3 Å². The van der Waals surface area contributed by atoms with E-state index < -0.39 is 5.97 Å². The molecule has 0 atom stereocenters. The lowest BCUT2D eigenvalue weighted by molar-refractivity contribution is -0.139. The first-order chi connectivity index (χ1) is 13.2. The van der Waals surface area contributed by atoms with Crippen molar-refractivity contribution in [1.29, 1.82) is 0 Å². The maximum atomic E-state index is 10.6. The van der Waals surface area contributed by atoms with Gasteiger partial charge in [-0.15, -0.1) is 0 Å². The van der Waals surface area contributed by atoms with Gasteiger partial charge in [0.05, 0.1) is 0 Å². The number of unbranched alkanes of at least 4 members (excludes halogenated alkanes) is 9. The van der Waals surface area contributed by atoms with Gasteiger partial charge < -0.3 is 14.7 Å². The second-order valence-electron chi connectivity index (χ2n) is 7.35. The first-order valence-corrected chi connectivity index (χ1v) is 10.9. The van der Waals surface area contributed by atoms with Crippen LogP contribution in [0.2, 0.25) is 0 Å². The molecule has 0 radical (unpaired) electrons. The molecular weight excluding hydrogens is 338 g/mol. The zero-order chi connectivity index (χ0) is 19.7. The van der Waals surface area contributed by atoms with E-state index in [2.05, 4.69) is 30.9 Å².